The van der Waals surface area contributed by atoms with Crippen molar-refractivity contribution in [1.82, 2.24) is 4.90 Å². The molecule has 116 valence electrons. The van der Waals surface area contributed by atoms with E-state index < -0.39 is 23.1 Å². The molecule has 0 bridgehead atoms. The standard InChI is InChI=1S/C15H18ClF2NO2/c1-9-4-11(13(18)5-12(9)17)14(20)19-7-10(6-16)21-15(2,3)8-19/h4-5,10H,6-8H2,1-3H3. The second-order valence-electron chi connectivity index (χ2n) is 5.92. The summed E-state index contributed by atoms with van der Waals surface area (Å²) in [7, 11) is 0. The molecule has 21 heavy (non-hydrogen) atoms. The van der Waals surface area contributed by atoms with Gasteiger partial charge in [-0.25, -0.2) is 8.78 Å². The maximum atomic E-state index is 13.9. The smallest absolute Gasteiger partial charge is 0.257 e. The predicted octanol–water partition coefficient (Wildman–Crippen LogP) is 3.13. The molecule has 0 aromatic heterocycles. The third kappa shape index (κ3) is 3.52. The zero-order valence-corrected chi connectivity index (χ0v) is 13.0. The first kappa shape index (κ1) is 16.2. The van der Waals surface area contributed by atoms with Crippen LogP contribution >= 0.6 is 11.6 Å². The van der Waals surface area contributed by atoms with Gasteiger partial charge in [-0.1, -0.05) is 0 Å². The predicted molar refractivity (Wildman–Crippen MR) is 76.7 cm³/mol. The van der Waals surface area contributed by atoms with E-state index in [4.69, 9.17) is 16.3 Å². The van der Waals surface area contributed by atoms with Gasteiger partial charge < -0.3 is 9.64 Å². The van der Waals surface area contributed by atoms with Gasteiger partial charge in [0.15, 0.2) is 0 Å². The van der Waals surface area contributed by atoms with Crippen LogP contribution < -0.4 is 0 Å². The lowest BCUT2D eigenvalue weighted by Crippen LogP contribution is -2.55. The molecule has 0 N–H and O–H groups in total. The zero-order valence-electron chi connectivity index (χ0n) is 12.3. The third-order valence-corrected chi connectivity index (χ3v) is 3.76. The summed E-state index contributed by atoms with van der Waals surface area (Å²) in [4.78, 5) is 14.0. The van der Waals surface area contributed by atoms with Gasteiger partial charge in [0.05, 0.1) is 23.1 Å². The number of carbonyl (C=O) groups excluding carboxylic acids is 1. The largest absolute Gasteiger partial charge is 0.367 e. The molecule has 1 unspecified atom stereocenters. The number of rotatable bonds is 2. The Morgan fingerprint density at radius 1 is 1.43 bits per heavy atom. The van der Waals surface area contributed by atoms with E-state index in [0.717, 1.165) is 6.07 Å². The Bertz CT molecular complexity index is 563. The summed E-state index contributed by atoms with van der Waals surface area (Å²) in [5.74, 6) is -1.74. The average molecular weight is 318 g/mol. The van der Waals surface area contributed by atoms with Crippen LogP contribution in [0.25, 0.3) is 0 Å². The SMILES string of the molecule is Cc1cc(C(=O)N2CC(CCl)OC(C)(C)C2)c(F)cc1F. The van der Waals surface area contributed by atoms with Crippen molar-refractivity contribution >= 4 is 17.5 Å². The number of ether oxygens (including phenoxy) is 1. The molecule has 0 aliphatic carbocycles. The van der Waals surface area contributed by atoms with Gasteiger partial charge in [0.2, 0.25) is 0 Å². The van der Waals surface area contributed by atoms with E-state index in [2.05, 4.69) is 0 Å². The van der Waals surface area contributed by atoms with Gasteiger partial charge in [0.1, 0.15) is 11.6 Å². The molecule has 1 heterocycles. The number of halogens is 3. The Labute approximate surface area is 127 Å². The molecule has 0 saturated carbocycles. The zero-order chi connectivity index (χ0) is 15.8. The van der Waals surface area contributed by atoms with Crippen molar-refractivity contribution in [3.05, 3.63) is 34.9 Å². The first-order valence-corrected chi connectivity index (χ1v) is 7.25. The summed E-state index contributed by atoms with van der Waals surface area (Å²) in [5, 5.41) is 0. The average Bonchev–Trinajstić information content (AvgIpc) is 2.40. The van der Waals surface area contributed by atoms with Crippen LogP contribution in [0.3, 0.4) is 0 Å². The molecule has 2 rings (SSSR count). The van der Waals surface area contributed by atoms with Crippen molar-refractivity contribution in [3.8, 4) is 0 Å². The first-order valence-electron chi connectivity index (χ1n) is 6.72. The molecule has 1 aromatic carbocycles. The van der Waals surface area contributed by atoms with Crippen LogP contribution in [0.15, 0.2) is 12.1 Å². The normalized spacial score (nSPS) is 21.4. The highest BCUT2D eigenvalue weighted by atomic mass is 35.5. The lowest BCUT2D eigenvalue weighted by molar-refractivity contribution is -0.117. The van der Waals surface area contributed by atoms with Crippen molar-refractivity contribution in [3.63, 3.8) is 0 Å². The summed E-state index contributed by atoms with van der Waals surface area (Å²) in [6, 6.07) is 1.98. The maximum Gasteiger partial charge on any atom is 0.257 e. The van der Waals surface area contributed by atoms with Gasteiger partial charge in [-0.3, -0.25) is 4.79 Å². The molecule has 1 aliphatic heterocycles. The lowest BCUT2D eigenvalue weighted by Gasteiger charge is -2.42. The molecule has 1 aliphatic rings. The van der Waals surface area contributed by atoms with Crippen molar-refractivity contribution < 1.29 is 18.3 Å². The van der Waals surface area contributed by atoms with Crippen LogP contribution in [0, 0.1) is 18.6 Å². The quantitative estimate of drug-likeness (QED) is 0.784. The number of amides is 1. The summed E-state index contributed by atoms with van der Waals surface area (Å²) in [5.41, 5.74) is -0.444. The highest BCUT2D eigenvalue weighted by Crippen LogP contribution is 2.24. The van der Waals surface area contributed by atoms with Gasteiger partial charge in [-0.2, -0.15) is 0 Å². The van der Waals surface area contributed by atoms with E-state index in [-0.39, 0.29) is 23.1 Å². The molecule has 1 amide bonds. The fourth-order valence-corrected chi connectivity index (χ4v) is 2.68. The van der Waals surface area contributed by atoms with E-state index in [1.807, 2.05) is 13.8 Å². The number of alkyl halides is 1. The number of carbonyl (C=O) groups is 1. The Morgan fingerprint density at radius 3 is 2.71 bits per heavy atom. The topological polar surface area (TPSA) is 29.5 Å². The van der Waals surface area contributed by atoms with Gasteiger partial charge in [0, 0.05) is 19.2 Å². The van der Waals surface area contributed by atoms with E-state index in [0.29, 0.717) is 13.1 Å². The monoisotopic (exact) mass is 317 g/mol. The van der Waals surface area contributed by atoms with Crippen molar-refractivity contribution in [2.45, 2.75) is 32.5 Å². The van der Waals surface area contributed by atoms with E-state index in [1.165, 1.54) is 17.9 Å². The number of aryl methyl sites for hydroxylation is 1. The van der Waals surface area contributed by atoms with Gasteiger partial charge in [-0.15, -0.1) is 11.6 Å². The Kier molecular flexibility index (Phi) is 4.54. The van der Waals surface area contributed by atoms with Crippen LogP contribution in [0.1, 0.15) is 29.8 Å². The Hall–Kier alpha value is -1.20. The van der Waals surface area contributed by atoms with Crippen LogP contribution in [-0.2, 0) is 4.74 Å². The third-order valence-electron chi connectivity index (χ3n) is 3.42. The van der Waals surface area contributed by atoms with Crippen LogP contribution in [0.4, 0.5) is 8.78 Å². The first-order chi connectivity index (χ1) is 9.73. The Morgan fingerprint density at radius 2 is 2.10 bits per heavy atom. The van der Waals surface area contributed by atoms with Gasteiger partial charge in [0.25, 0.3) is 5.91 Å². The van der Waals surface area contributed by atoms with Crippen molar-refractivity contribution in [2.75, 3.05) is 19.0 Å². The summed E-state index contributed by atoms with van der Waals surface area (Å²) in [6.07, 6.45) is -0.302. The highest BCUT2D eigenvalue weighted by molar-refractivity contribution is 6.18. The van der Waals surface area contributed by atoms with Crippen molar-refractivity contribution in [2.24, 2.45) is 0 Å². The molecule has 0 spiro atoms. The number of morpholine rings is 1. The van der Waals surface area contributed by atoms with E-state index in [1.54, 1.807) is 0 Å². The molecule has 0 radical (unpaired) electrons. The molecular weight excluding hydrogens is 300 g/mol. The van der Waals surface area contributed by atoms with Crippen LogP contribution in [-0.4, -0.2) is 41.5 Å². The number of nitrogens with zero attached hydrogens (tertiary/aromatic N) is 1. The van der Waals surface area contributed by atoms with Crippen LogP contribution in [0.5, 0.6) is 0 Å². The number of hydrogen-bond donors (Lipinski definition) is 0. The maximum absolute atomic E-state index is 13.9. The second kappa shape index (κ2) is 5.89. The minimum atomic E-state index is -0.852. The summed E-state index contributed by atoms with van der Waals surface area (Å²) < 4.78 is 32.9. The minimum absolute atomic E-state index is 0.125. The molecule has 1 aromatic rings. The van der Waals surface area contributed by atoms with Crippen LogP contribution in [0.2, 0.25) is 0 Å². The molecule has 1 atom stereocenters. The minimum Gasteiger partial charge on any atom is -0.367 e. The molecule has 3 nitrogen and oxygen atoms in total. The molecule has 1 fully saturated rings. The molecule has 1 saturated heterocycles. The highest BCUT2D eigenvalue weighted by Gasteiger charge is 2.36. The Balaban J connectivity index is 2.29. The summed E-state index contributed by atoms with van der Waals surface area (Å²) >= 11 is 5.81. The fourth-order valence-electron chi connectivity index (χ4n) is 2.52. The fraction of sp³-hybridized carbons (Fsp3) is 0.533. The second-order valence-corrected chi connectivity index (χ2v) is 6.23. The molecular formula is C15H18ClF2NO2. The lowest BCUT2D eigenvalue weighted by atomic mass is 10.0. The van der Waals surface area contributed by atoms with Crippen molar-refractivity contribution in [1.29, 1.82) is 0 Å². The number of benzene rings is 1. The van der Waals surface area contributed by atoms with E-state index >= 15 is 0 Å². The molecule has 6 heteroatoms. The van der Waals surface area contributed by atoms with Gasteiger partial charge >= 0.3 is 0 Å². The summed E-state index contributed by atoms with van der Waals surface area (Å²) in [6.45, 7) is 5.81. The number of hydrogen-bond acceptors (Lipinski definition) is 2. The van der Waals surface area contributed by atoms with E-state index in [9.17, 15) is 13.6 Å². The van der Waals surface area contributed by atoms with Gasteiger partial charge in [-0.05, 0) is 32.4 Å².